The van der Waals surface area contributed by atoms with Gasteiger partial charge >= 0.3 is 5.97 Å². The van der Waals surface area contributed by atoms with E-state index in [4.69, 9.17) is 5.11 Å². The minimum atomic E-state index is -3.07. The van der Waals surface area contributed by atoms with Crippen LogP contribution in [-0.4, -0.2) is 55.2 Å². The second-order valence-corrected chi connectivity index (χ2v) is 7.35. The van der Waals surface area contributed by atoms with Crippen molar-refractivity contribution in [3.63, 3.8) is 0 Å². The maximum Gasteiger partial charge on any atom is 0.317 e. The van der Waals surface area contributed by atoms with Crippen LogP contribution in [0.4, 0.5) is 0 Å². The second-order valence-electron chi connectivity index (χ2n) is 5.14. The third-order valence-corrected chi connectivity index (χ3v) is 5.86. The maximum absolute atomic E-state index is 12.1. The van der Waals surface area contributed by atoms with E-state index in [9.17, 15) is 13.2 Å². The Kier molecular flexibility index (Phi) is 4.24. The van der Waals surface area contributed by atoms with Crippen molar-refractivity contribution in [3.8, 4) is 0 Å². The van der Waals surface area contributed by atoms with E-state index >= 15 is 0 Å². The number of aliphatic carboxylic acids is 1. The topological polar surface area (TPSA) is 86.7 Å². The van der Waals surface area contributed by atoms with E-state index in [1.807, 2.05) is 0 Å². The normalized spacial score (nSPS) is 26.1. The lowest BCUT2D eigenvalue weighted by Gasteiger charge is -2.32. The molecule has 0 bridgehead atoms. The van der Waals surface area contributed by atoms with Crippen LogP contribution in [0.5, 0.6) is 0 Å². The van der Waals surface area contributed by atoms with E-state index < -0.39 is 16.0 Å². The van der Waals surface area contributed by atoms with Gasteiger partial charge in [0.25, 0.3) is 0 Å². The Balaban J connectivity index is 1.82. The van der Waals surface area contributed by atoms with Crippen molar-refractivity contribution in [1.82, 2.24) is 9.62 Å². The summed E-state index contributed by atoms with van der Waals surface area (Å²) in [5.41, 5.74) is 0. The summed E-state index contributed by atoms with van der Waals surface area (Å²) >= 11 is 0. The van der Waals surface area contributed by atoms with Gasteiger partial charge in [-0.25, -0.2) is 12.7 Å². The van der Waals surface area contributed by atoms with Gasteiger partial charge in [0, 0.05) is 13.1 Å². The van der Waals surface area contributed by atoms with Gasteiger partial charge in [-0.3, -0.25) is 4.79 Å². The van der Waals surface area contributed by atoms with Gasteiger partial charge in [-0.2, -0.15) is 0 Å². The van der Waals surface area contributed by atoms with E-state index in [0.717, 1.165) is 25.7 Å². The fourth-order valence-corrected chi connectivity index (χ4v) is 4.34. The number of nitrogens with zero attached hydrogens (tertiary/aromatic N) is 1. The predicted molar refractivity (Wildman–Crippen MR) is 66.7 cm³/mol. The molecule has 2 rings (SSSR count). The van der Waals surface area contributed by atoms with Crippen molar-refractivity contribution in [2.24, 2.45) is 5.92 Å². The highest BCUT2D eigenvalue weighted by molar-refractivity contribution is 7.90. The zero-order valence-corrected chi connectivity index (χ0v) is 11.2. The van der Waals surface area contributed by atoms with Gasteiger partial charge in [0.15, 0.2) is 0 Å². The predicted octanol–water partition coefficient (Wildman–Crippen LogP) is -0.135. The van der Waals surface area contributed by atoms with E-state index in [2.05, 4.69) is 5.32 Å². The molecule has 0 spiro atoms. The summed E-state index contributed by atoms with van der Waals surface area (Å²) < 4.78 is 25.8. The minimum absolute atomic E-state index is 0.0636. The lowest BCUT2D eigenvalue weighted by Crippen LogP contribution is -2.44. The Morgan fingerprint density at radius 1 is 1.33 bits per heavy atom. The summed E-state index contributed by atoms with van der Waals surface area (Å²) in [4.78, 5) is 10.4. The standard InChI is InChI=1S/C11H20N2O4S/c14-11(15)7-12-6-9-2-1-5-13(8-9)18(16,17)10-3-4-10/h9-10,12H,1-8H2,(H,14,15). The monoisotopic (exact) mass is 276 g/mol. The largest absolute Gasteiger partial charge is 0.480 e. The summed E-state index contributed by atoms with van der Waals surface area (Å²) in [6, 6.07) is 0. The van der Waals surface area contributed by atoms with Crippen LogP contribution < -0.4 is 5.32 Å². The highest BCUT2D eigenvalue weighted by Crippen LogP contribution is 2.33. The zero-order chi connectivity index (χ0) is 13.2. The summed E-state index contributed by atoms with van der Waals surface area (Å²) in [6.45, 7) is 1.66. The van der Waals surface area contributed by atoms with Crippen molar-refractivity contribution in [1.29, 1.82) is 0 Å². The number of hydrogen-bond donors (Lipinski definition) is 2. The number of carbonyl (C=O) groups is 1. The molecule has 6 nitrogen and oxygen atoms in total. The summed E-state index contributed by atoms with van der Waals surface area (Å²) in [7, 11) is -3.07. The Morgan fingerprint density at radius 2 is 2.06 bits per heavy atom. The Morgan fingerprint density at radius 3 is 2.67 bits per heavy atom. The molecule has 1 unspecified atom stereocenters. The number of nitrogens with one attached hydrogen (secondary N) is 1. The molecule has 1 saturated carbocycles. The van der Waals surface area contributed by atoms with Crippen molar-refractivity contribution in [2.75, 3.05) is 26.2 Å². The molecule has 2 aliphatic rings. The molecule has 104 valence electrons. The van der Waals surface area contributed by atoms with Crippen molar-refractivity contribution in [3.05, 3.63) is 0 Å². The quantitative estimate of drug-likeness (QED) is 0.705. The SMILES string of the molecule is O=C(O)CNCC1CCCN(S(=O)(=O)C2CC2)C1. The molecule has 1 heterocycles. The molecule has 18 heavy (non-hydrogen) atoms. The van der Waals surface area contributed by atoms with Crippen LogP contribution in [0.15, 0.2) is 0 Å². The molecule has 1 atom stereocenters. The zero-order valence-electron chi connectivity index (χ0n) is 10.3. The highest BCUT2D eigenvalue weighted by atomic mass is 32.2. The first kappa shape index (κ1) is 13.8. The summed E-state index contributed by atoms with van der Waals surface area (Å²) in [5, 5.41) is 11.2. The highest BCUT2D eigenvalue weighted by Gasteiger charge is 2.41. The van der Waals surface area contributed by atoms with Gasteiger partial charge in [0.05, 0.1) is 11.8 Å². The number of hydrogen-bond acceptors (Lipinski definition) is 4. The van der Waals surface area contributed by atoms with Crippen LogP contribution in [0.1, 0.15) is 25.7 Å². The number of carboxylic acid groups (broad SMARTS) is 1. The molecule has 2 fully saturated rings. The lowest BCUT2D eigenvalue weighted by atomic mass is 10.00. The number of piperidine rings is 1. The molecule has 2 N–H and O–H groups in total. The van der Waals surface area contributed by atoms with Gasteiger partial charge in [-0.1, -0.05) is 0 Å². The van der Waals surface area contributed by atoms with Gasteiger partial charge in [0.1, 0.15) is 0 Å². The maximum atomic E-state index is 12.1. The average Bonchev–Trinajstić information content (AvgIpc) is 3.13. The van der Waals surface area contributed by atoms with Crippen molar-refractivity contribution < 1.29 is 18.3 Å². The van der Waals surface area contributed by atoms with Crippen LogP contribution in [0.25, 0.3) is 0 Å². The molecule has 0 amide bonds. The Bertz CT molecular complexity index is 405. The lowest BCUT2D eigenvalue weighted by molar-refractivity contribution is -0.136. The van der Waals surface area contributed by atoms with Gasteiger partial charge in [0.2, 0.25) is 10.0 Å². The molecule has 0 aromatic rings. The fraction of sp³-hybridized carbons (Fsp3) is 0.909. The summed E-state index contributed by atoms with van der Waals surface area (Å²) in [6.07, 6.45) is 3.41. The van der Waals surface area contributed by atoms with Gasteiger partial charge in [-0.15, -0.1) is 0 Å². The molecule has 1 aliphatic heterocycles. The number of rotatable bonds is 6. The number of sulfonamides is 1. The molecule has 1 saturated heterocycles. The van der Waals surface area contributed by atoms with E-state index in [0.29, 0.717) is 19.6 Å². The Hall–Kier alpha value is -0.660. The first-order valence-electron chi connectivity index (χ1n) is 6.41. The van der Waals surface area contributed by atoms with Gasteiger partial charge in [-0.05, 0) is 38.1 Å². The van der Waals surface area contributed by atoms with Crippen molar-refractivity contribution in [2.45, 2.75) is 30.9 Å². The molecule has 0 aromatic carbocycles. The van der Waals surface area contributed by atoms with E-state index in [1.165, 1.54) is 0 Å². The van der Waals surface area contributed by atoms with Crippen molar-refractivity contribution >= 4 is 16.0 Å². The van der Waals surface area contributed by atoms with Crippen LogP contribution in [0, 0.1) is 5.92 Å². The third kappa shape index (κ3) is 3.43. The first-order chi connectivity index (χ1) is 8.50. The van der Waals surface area contributed by atoms with E-state index in [-0.39, 0.29) is 17.7 Å². The van der Waals surface area contributed by atoms with Crippen LogP contribution in [-0.2, 0) is 14.8 Å². The third-order valence-electron chi connectivity index (χ3n) is 3.50. The first-order valence-corrected chi connectivity index (χ1v) is 7.92. The van der Waals surface area contributed by atoms with Crippen LogP contribution in [0.3, 0.4) is 0 Å². The molecular formula is C11H20N2O4S. The molecular weight excluding hydrogens is 256 g/mol. The average molecular weight is 276 g/mol. The summed E-state index contributed by atoms with van der Waals surface area (Å²) in [5.74, 6) is -0.653. The molecule has 1 aliphatic carbocycles. The van der Waals surface area contributed by atoms with Crippen LogP contribution >= 0.6 is 0 Å². The second kappa shape index (κ2) is 5.54. The minimum Gasteiger partial charge on any atom is -0.480 e. The van der Waals surface area contributed by atoms with E-state index in [1.54, 1.807) is 4.31 Å². The Labute approximate surface area is 107 Å². The molecule has 0 radical (unpaired) electrons. The number of carboxylic acids is 1. The molecule has 0 aromatic heterocycles. The van der Waals surface area contributed by atoms with Crippen LogP contribution in [0.2, 0.25) is 0 Å². The van der Waals surface area contributed by atoms with Gasteiger partial charge < -0.3 is 10.4 Å². The smallest absolute Gasteiger partial charge is 0.317 e. The fourth-order valence-electron chi connectivity index (χ4n) is 2.38. The molecule has 7 heteroatoms.